The zero-order chi connectivity index (χ0) is 17.2. The van der Waals surface area contributed by atoms with E-state index < -0.39 is 16.1 Å². The summed E-state index contributed by atoms with van der Waals surface area (Å²) in [7, 11) is -3.47. The Balaban J connectivity index is 1.69. The van der Waals surface area contributed by atoms with Gasteiger partial charge in [-0.15, -0.1) is 0 Å². The molecule has 24 heavy (non-hydrogen) atoms. The van der Waals surface area contributed by atoms with Gasteiger partial charge in [0.1, 0.15) is 5.75 Å². The minimum atomic E-state index is -3.47. The molecule has 0 radical (unpaired) electrons. The van der Waals surface area contributed by atoms with Gasteiger partial charge in [0, 0.05) is 6.54 Å². The molecule has 7 heteroatoms. The van der Waals surface area contributed by atoms with Crippen molar-refractivity contribution < 1.29 is 17.9 Å². The normalized spacial score (nSPS) is 21.7. The number of rotatable bonds is 4. The second-order valence-corrected chi connectivity index (χ2v) is 8.52. The van der Waals surface area contributed by atoms with Crippen LogP contribution in [0.3, 0.4) is 0 Å². The van der Waals surface area contributed by atoms with Crippen LogP contribution in [-0.4, -0.2) is 39.8 Å². The maximum atomic E-state index is 12.5. The van der Waals surface area contributed by atoms with Crippen LogP contribution >= 0.6 is 0 Å². The molecule has 1 fully saturated rings. The molecule has 1 aliphatic heterocycles. The molecule has 1 aromatic rings. The maximum Gasteiger partial charge on any atom is 0.263 e. The molecule has 1 heterocycles. The SMILES string of the molecule is CS(=O)(=O)N1CC(C(=O)NCC2CCCCC2)Oc2ccccc21. The van der Waals surface area contributed by atoms with E-state index in [4.69, 9.17) is 4.74 Å². The van der Waals surface area contributed by atoms with Gasteiger partial charge in [0.25, 0.3) is 5.91 Å². The first-order valence-corrected chi connectivity index (χ1v) is 10.3. The molecular weight excluding hydrogens is 328 g/mol. The summed E-state index contributed by atoms with van der Waals surface area (Å²) in [4.78, 5) is 12.5. The Morgan fingerprint density at radius 1 is 1.25 bits per heavy atom. The van der Waals surface area contributed by atoms with Gasteiger partial charge in [-0.2, -0.15) is 0 Å². The van der Waals surface area contributed by atoms with Crippen LogP contribution in [0.15, 0.2) is 24.3 Å². The Labute approximate surface area is 143 Å². The third kappa shape index (κ3) is 3.83. The fourth-order valence-electron chi connectivity index (χ4n) is 3.40. The molecule has 0 aromatic heterocycles. The number of nitrogens with one attached hydrogen (secondary N) is 1. The van der Waals surface area contributed by atoms with Crippen LogP contribution in [-0.2, 0) is 14.8 Å². The van der Waals surface area contributed by atoms with Crippen LogP contribution in [0.5, 0.6) is 5.75 Å². The summed E-state index contributed by atoms with van der Waals surface area (Å²) in [5, 5.41) is 2.94. The molecule has 0 spiro atoms. The topological polar surface area (TPSA) is 75.7 Å². The zero-order valence-electron chi connectivity index (χ0n) is 13.9. The quantitative estimate of drug-likeness (QED) is 0.898. The molecule has 1 aliphatic carbocycles. The highest BCUT2D eigenvalue weighted by Crippen LogP contribution is 2.34. The Kier molecular flexibility index (Phi) is 4.99. The smallest absolute Gasteiger partial charge is 0.263 e. The summed E-state index contributed by atoms with van der Waals surface area (Å²) >= 11 is 0. The van der Waals surface area contributed by atoms with E-state index in [2.05, 4.69) is 5.32 Å². The van der Waals surface area contributed by atoms with Crippen LogP contribution in [0.2, 0.25) is 0 Å². The molecule has 0 saturated heterocycles. The minimum absolute atomic E-state index is 0.00630. The van der Waals surface area contributed by atoms with Gasteiger partial charge in [-0.3, -0.25) is 9.10 Å². The number of benzene rings is 1. The number of hydrogen-bond acceptors (Lipinski definition) is 4. The molecular formula is C17H24N2O4S. The lowest BCUT2D eigenvalue weighted by Crippen LogP contribution is -2.51. The molecule has 1 saturated carbocycles. The average Bonchev–Trinajstić information content (AvgIpc) is 2.58. The highest BCUT2D eigenvalue weighted by Gasteiger charge is 2.34. The highest BCUT2D eigenvalue weighted by molar-refractivity contribution is 7.92. The molecule has 6 nitrogen and oxygen atoms in total. The van der Waals surface area contributed by atoms with Gasteiger partial charge >= 0.3 is 0 Å². The van der Waals surface area contributed by atoms with E-state index in [1.54, 1.807) is 24.3 Å². The van der Waals surface area contributed by atoms with Gasteiger partial charge < -0.3 is 10.1 Å². The number of carbonyl (C=O) groups is 1. The molecule has 2 aliphatic rings. The largest absolute Gasteiger partial charge is 0.476 e. The summed E-state index contributed by atoms with van der Waals surface area (Å²) in [5.74, 6) is 0.695. The van der Waals surface area contributed by atoms with Crippen LogP contribution < -0.4 is 14.4 Å². The molecule has 0 bridgehead atoms. The standard InChI is InChI=1S/C17H24N2O4S/c1-24(21,22)19-12-16(23-15-10-6-5-9-14(15)19)17(20)18-11-13-7-3-2-4-8-13/h5-6,9-10,13,16H,2-4,7-8,11-12H2,1H3,(H,18,20). The van der Waals surface area contributed by atoms with Crippen LogP contribution in [0.4, 0.5) is 5.69 Å². The van der Waals surface area contributed by atoms with E-state index in [1.807, 2.05) is 0 Å². The van der Waals surface area contributed by atoms with Crippen LogP contribution in [0.1, 0.15) is 32.1 Å². The molecule has 1 N–H and O–H groups in total. The van der Waals surface area contributed by atoms with E-state index in [9.17, 15) is 13.2 Å². The van der Waals surface area contributed by atoms with Crippen molar-refractivity contribution in [3.63, 3.8) is 0 Å². The van der Waals surface area contributed by atoms with Crippen molar-refractivity contribution >= 4 is 21.6 Å². The second-order valence-electron chi connectivity index (χ2n) is 6.62. The van der Waals surface area contributed by atoms with Crippen molar-refractivity contribution in [2.75, 3.05) is 23.7 Å². The fraction of sp³-hybridized carbons (Fsp3) is 0.588. The second kappa shape index (κ2) is 7.01. The van der Waals surface area contributed by atoms with E-state index >= 15 is 0 Å². The van der Waals surface area contributed by atoms with Gasteiger partial charge in [-0.05, 0) is 30.9 Å². The van der Waals surface area contributed by atoms with Gasteiger partial charge in [-0.1, -0.05) is 31.4 Å². The van der Waals surface area contributed by atoms with Gasteiger partial charge in [0.15, 0.2) is 6.10 Å². The van der Waals surface area contributed by atoms with Gasteiger partial charge in [-0.25, -0.2) is 8.42 Å². The number of para-hydroxylation sites is 2. The fourth-order valence-corrected chi connectivity index (χ4v) is 4.32. The lowest BCUT2D eigenvalue weighted by atomic mass is 9.89. The molecule has 3 rings (SSSR count). The third-order valence-electron chi connectivity index (χ3n) is 4.72. The predicted molar refractivity (Wildman–Crippen MR) is 92.6 cm³/mol. The monoisotopic (exact) mass is 352 g/mol. The van der Waals surface area contributed by atoms with E-state index in [1.165, 1.54) is 23.6 Å². The average molecular weight is 352 g/mol. The molecule has 1 aromatic carbocycles. The lowest BCUT2D eigenvalue weighted by molar-refractivity contribution is -0.128. The number of carbonyl (C=O) groups excluding carboxylic acids is 1. The molecule has 132 valence electrons. The van der Waals surface area contributed by atoms with Crippen molar-refractivity contribution in [3.8, 4) is 5.75 Å². The number of ether oxygens (including phenoxy) is 1. The van der Waals surface area contributed by atoms with E-state index in [-0.39, 0.29) is 12.5 Å². The van der Waals surface area contributed by atoms with E-state index in [0.717, 1.165) is 19.1 Å². The Morgan fingerprint density at radius 3 is 2.67 bits per heavy atom. The van der Waals surface area contributed by atoms with Crippen molar-refractivity contribution in [2.24, 2.45) is 5.92 Å². The summed E-state index contributed by atoms with van der Waals surface area (Å²) in [6.45, 7) is 0.644. The van der Waals surface area contributed by atoms with E-state index in [0.29, 0.717) is 23.9 Å². The third-order valence-corrected chi connectivity index (χ3v) is 5.86. The number of nitrogens with zero attached hydrogens (tertiary/aromatic N) is 1. The first-order chi connectivity index (χ1) is 11.4. The lowest BCUT2D eigenvalue weighted by Gasteiger charge is -2.34. The van der Waals surface area contributed by atoms with Crippen LogP contribution in [0, 0.1) is 5.92 Å². The molecule has 1 amide bonds. The number of anilines is 1. The minimum Gasteiger partial charge on any atom is -0.476 e. The van der Waals surface area contributed by atoms with Crippen molar-refractivity contribution in [1.29, 1.82) is 0 Å². The summed E-state index contributed by atoms with van der Waals surface area (Å²) in [6, 6.07) is 6.89. The van der Waals surface area contributed by atoms with Crippen molar-refractivity contribution in [1.82, 2.24) is 5.32 Å². The summed E-state index contributed by atoms with van der Waals surface area (Å²) in [5.41, 5.74) is 0.483. The summed E-state index contributed by atoms with van der Waals surface area (Å²) < 4.78 is 31.1. The molecule has 1 atom stereocenters. The van der Waals surface area contributed by atoms with Gasteiger partial charge in [0.05, 0.1) is 18.5 Å². The van der Waals surface area contributed by atoms with Crippen molar-refractivity contribution in [2.45, 2.75) is 38.2 Å². The Morgan fingerprint density at radius 2 is 1.96 bits per heavy atom. The predicted octanol–water partition coefficient (Wildman–Crippen LogP) is 1.91. The maximum absolute atomic E-state index is 12.5. The van der Waals surface area contributed by atoms with Crippen LogP contribution in [0.25, 0.3) is 0 Å². The Hall–Kier alpha value is -1.76. The van der Waals surface area contributed by atoms with Gasteiger partial charge in [0.2, 0.25) is 10.0 Å². The summed E-state index contributed by atoms with van der Waals surface area (Å²) in [6.07, 6.45) is 6.32. The first-order valence-electron chi connectivity index (χ1n) is 8.46. The zero-order valence-corrected chi connectivity index (χ0v) is 14.7. The number of sulfonamides is 1. The van der Waals surface area contributed by atoms with Crippen molar-refractivity contribution in [3.05, 3.63) is 24.3 Å². The Bertz CT molecular complexity index is 698. The number of hydrogen-bond donors (Lipinski definition) is 1. The first kappa shape index (κ1) is 17.1. The highest BCUT2D eigenvalue weighted by atomic mass is 32.2. The number of amides is 1. The number of fused-ring (bicyclic) bond motifs is 1. The molecule has 1 unspecified atom stereocenters.